The molecule has 0 bridgehead atoms. The highest BCUT2D eigenvalue weighted by Gasteiger charge is 2.25. The van der Waals surface area contributed by atoms with Crippen LogP contribution in [0.5, 0.6) is 5.75 Å². The van der Waals surface area contributed by atoms with E-state index in [1.807, 2.05) is 0 Å². The first-order valence-electron chi connectivity index (χ1n) is 8.64. The lowest BCUT2D eigenvalue weighted by Crippen LogP contribution is -2.34. The van der Waals surface area contributed by atoms with Crippen LogP contribution in [0, 0.1) is 0 Å². The Bertz CT molecular complexity index is 587. The van der Waals surface area contributed by atoms with Gasteiger partial charge in [0.25, 0.3) is 0 Å². The van der Waals surface area contributed by atoms with E-state index in [1.54, 1.807) is 29.2 Å². The van der Waals surface area contributed by atoms with Crippen molar-refractivity contribution >= 4 is 17.5 Å². The van der Waals surface area contributed by atoms with Gasteiger partial charge in [0.2, 0.25) is 11.8 Å². The third-order valence-electron chi connectivity index (χ3n) is 4.60. The molecule has 1 aliphatic carbocycles. The smallest absolute Gasteiger partial charge is 0.243 e. The minimum atomic E-state index is -0.406. The average molecular weight is 332 g/mol. The van der Waals surface area contributed by atoms with Crippen LogP contribution in [0.25, 0.3) is 0 Å². The van der Waals surface area contributed by atoms with E-state index in [2.05, 4.69) is 5.32 Å². The molecule has 0 unspecified atom stereocenters. The fourth-order valence-corrected chi connectivity index (χ4v) is 3.25. The van der Waals surface area contributed by atoms with Crippen molar-refractivity contribution in [2.24, 2.45) is 0 Å². The largest absolute Gasteiger partial charge is 0.488 e. The molecule has 1 aromatic rings. The molecular formula is C18H24N2O4. The summed E-state index contributed by atoms with van der Waals surface area (Å²) in [4.78, 5) is 25.1. The zero-order valence-electron chi connectivity index (χ0n) is 13.7. The van der Waals surface area contributed by atoms with E-state index in [9.17, 15) is 14.7 Å². The number of anilines is 1. The summed E-state index contributed by atoms with van der Waals surface area (Å²) >= 11 is 0. The van der Waals surface area contributed by atoms with E-state index < -0.39 is 6.10 Å². The van der Waals surface area contributed by atoms with Gasteiger partial charge >= 0.3 is 0 Å². The van der Waals surface area contributed by atoms with Gasteiger partial charge in [0.05, 0.1) is 12.6 Å². The molecule has 0 radical (unpaired) electrons. The number of nitrogens with one attached hydrogen (secondary N) is 1. The summed E-state index contributed by atoms with van der Waals surface area (Å²) in [6.45, 7) is 0.758. The second kappa shape index (κ2) is 7.66. The molecule has 0 spiro atoms. The van der Waals surface area contributed by atoms with Gasteiger partial charge in [0, 0.05) is 18.7 Å². The van der Waals surface area contributed by atoms with Crippen molar-refractivity contribution in [3.63, 3.8) is 0 Å². The maximum Gasteiger partial charge on any atom is 0.243 e. The Morgan fingerprint density at radius 1 is 1.21 bits per heavy atom. The number of aliphatic hydroxyl groups is 1. The summed E-state index contributed by atoms with van der Waals surface area (Å²) in [5, 5.41) is 12.7. The Labute approximate surface area is 141 Å². The van der Waals surface area contributed by atoms with E-state index in [-0.39, 0.29) is 24.5 Å². The van der Waals surface area contributed by atoms with Gasteiger partial charge in [-0.3, -0.25) is 9.59 Å². The molecule has 2 atom stereocenters. The zero-order chi connectivity index (χ0) is 16.9. The Morgan fingerprint density at radius 3 is 2.62 bits per heavy atom. The summed E-state index contributed by atoms with van der Waals surface area (Å²) in [7, 11) is 0. The number of likely N-dealkylation sites (tertiary alicyclic amines) is 1. The number of amides is 2. The van der Waals surface area contributed by atoms with Crippen molar-refractivity contribution in [2.75, 3.05) is 18.4 Å². The van der Waals surface area contributed by atoms with Crippen LogP contribution in [0.3, 0.4) is 0 Å². The fraction of sp³-hybridized carbons (Fsp3) is 0.556. The normalized spacial score (nSPS) is 24.0. The highest BCUT2D eigenvalue weighted by molar-refractivity contribution is 5.94. The number of carbonyl (C=O) groups excluding carboxylic acids is 2. The van der Waals surface area contributed by atoms with Gasteiger partial charge in [-0.15, -0.1) is 0 Å². The minimum absolute atomic E-state index is 0.0416. The number of nitrogens with zero attached hydrogens (tertiary/aromatic N) is 1. The third kappa shape index (κ3) is 4.26. The molecule has 130 valence electrons. The maximum absolute atomic E-state index is 12.0. The molecule has 2 N–H and O–H groups in total. The summed E-state index contributed by atoms with van der Waals surface area (Å²) in [6.07, 6.45) is 4.57. The first-order chi connectivity index (χ1) is 11.6. The van der Waals surface area contributed by atoms with E-state index in [1.165, 1.54) is 0 Å². The second-order valence-corrected chi connectivity index (χ2v) is 6.50. The van der Waals surface area contributed by atoms with Crippen LogP contribution >= 0.6 is 0 Å². The Morgan fingerprint density at radius 2 is 1.96 bits per heavy atom. The molecule has 2 aliphatic rings. The van der Waals surface area contributed by atoms with E-state index in [4.69, 9.17) is 4.74 Å². The molecule has 0 aromatic heterocycles. The van der Waals surface area contributed by atoms with Crippen LogP contribution in [0.15, 0.2) is 24.3 Å². The van der Waals surface area contributed by atoms with Crippen LogP contribution in [0.2, 0.25) is 0 Å². The van der Waals surface area contributed by atoms with Gasteiger partial charge in [0.15, 0.2) is 0 Å². The number of rotatable bonds is 5. The molecule has 1 heterocycles. The number of benzene rings is 1. The van der Waals surface area contributed by atoms with Crippen molar-refractivity contribution in [1.82, 2.24) is 4.90 Å². The lowest BCUT2D eigenvalue weighted by atomic mass is 9.95. The summed E-state index contributed by atoms with van der Waals surface area (Å²) in [5.41, 5.74) is 0.670. The predicted octanol–water partition coefficient (Wildman–Crippen LogP) is 1.93. The quantitative estimate of drug-likeness (QED) is 0.863. The summed E-state index contributed by atoms with van der Waals surface area (Å²) < 4.78 is 5.83. The maximum atomic E-state index is 12.0. The monoisotopic (exact) mass is 332 g/mol. The number of hydrogen-bond acceptors (Lipinski definition) is 4. The highest BCUT2D eigenvalue weighted by atomic mass is 16.5. The molecule has 1 aliphatic heterocycles. The number of ether oxygens (including phenoxy) is 1. The minimum Gasteiger partial charge on any atom is -0.488 e. The fourth-order valence-electron chi connectivity index (χ4n) is 3.25. The standard InChI is InChI=1S/C18H24N2O4/c21-15-4-1-2-5-16(15)24-14-9-7-13(8-10-14)19-17(22)12-20-11-3-6-18(20)23/h7-10,15-16,21H,1-6,11-12H2,(H,19,22)/t15-,16+/m1/s1. The molecule has 6 nitrogen and oxygen atoms in total. The molecular weight excluding hydrogens is 308 g/mol. The molecule has 2 amide bonds. The lowest BCUT2D eigenvalue weighted by molar-refractivity contribution is -0.131. The van der Waals surface area contributed by atoms with Gasteiger partial charge < -0.3 is 20.1 Å². The Hall–Kier alpha value is -2.08. The topological polar surface area (TPSA) is 78.9 Å². The van der Waals surface area contributed by atoms with Gasteiger partial charge in [-0.25, -0.2) is 0 Å². The van der Waals surface area contributed by atoms with E-state index in [0.29, 0.717) is 24.4 Å². The van der Waals surface area contributed by atoms with Gasteiger partial charge in [-0.1, -0.05) is 6.42 Å². The molecule has 1 aromatic carbocycles. The van der Waals surface area contributed by atoms with Crippen LogP contribution in [0.4, 0.5) is 5.69 Å². The Balaban J connectivity index is 1.50. The number of carbonyl (C=O) groups is 2. The van der Waals surface area contributed by atoms with Crippen LogP contribution < -0.4 is 10.1 Å². The van der Waals surface area contributed by atoms with E-state index in [0.717, 1.165) is 32.1 Å². The van der Waals surface area contributed by atoms with Gasteiger partial charge in [-0.05, 0) is 49.9 Å². The number of aliphatic hydroxyl groups excluding tert-OH is 1. The van der Waals surface area contributed by atoms with Gasteiger partial charge in [-0.2, -0.15) is 0 Å². The first-order valence-corrected chi connectivity index (χ1v) is 8.64. The third-order valence-corrected chi connectivity index (χ3v) is 4.60. The summed E-state index contributed by atoms with van der Waals surface area (Å²) in [6, 6.07) is 7.12. The van der Waals surface area contributed by atoms with Crippen molar-refractivity contribution < 1.29 is 19.4 Å². The molecule has 24 heavy (non-hydrogen) atoms. The van der Waals surface area contributed by atoms with Crippen molar-refractivity contribution in [2.45, 2.75) is 50.7 Å². The molecule has 3 rings (SSSR count). The number of hydrogen-bond donors (Lipinski definition) is 2. The van der Waals surface area contributed by atoms with Crippen molar-refractivity contribution in [1.29, 1.82) is 0 Å². The first kappa shape index (κ1) is 16.8. The van der Waals surface area contributed by atoms with E-state index >= 15 is 0 Å². The van der Waals surface area contributed by atoms with Gasteiger partial charge in [0.1, 0.15) is 11.9 Å². The highest BCUT2D eigenvalue weighted by Crippen LogP contribution is 2.25. The molecule has 2 fully saturated rings. The Kier molecular flexibility index (Phi) is 5.35. The van der Waals surface area contributed by atoms with Crippen molar-refractivity contribution in [3.8, 4) is 5.75 Å². The van der Waals surface area contributed by atoms with Crippen LogP contribution in [-0.2, 0) is 9.59 Å². The zero-order valence-corrected chi connectivity index (χ0v) is 13.7. The van der Waals surface area contributed by atoms with Crippen LogP contribution in [0.1, 0.15) is 38.5 Å². The lowest BCUT2D eigenvalue weighted by Gasteiger charge is -2.28. The molecule has 6 heteroatoms. The average Bonchev–Trinajstić information content (AvgIpc) is 2.96. The molecule has 1 saturated carbocycles. The van der Waals surface area contributed by atoms with Crippen molar-refractivity contribution in [3.05, 3.63) is 24.3 Å². The summed E-state index contributed by atoms with van der Waals surface area (Å²) in [5.74, 6) is 0.537. The SMILES string of the molecule is O=C(CN1CCCC1=O)Nc1ccc(O[C@H]2CCCC[C@H]2O)cc1. The predicted molar refractivity (Wildman–Crippen MR) is 89.8 cm³/mol. The second-order valence-electron chi connectivity index (χ2n) is 6.50. The van der Waals surface area contributed by atoms with Crippen LogP contribution in [-0.4, -0.2) is 47.1 Å². The molecule has 1 saturated heterocycles.